The number of rotatable bonds is 6. The minimum atomic E-state index is 0.123. The van der Waals surface area contributed by atoms with Crippen LogP contribution in [-0.4, -0.2) is 21.6 Å². The number of aromatic amines is 1. The van der Waals surface area contributed by atoms with Crippen LogP contribution in [0.25, 0.3) is 10.2 Å². The molecule has 0 saturated carbocycles. The van der Waals surface area contributed by atoms with Gasteiger partial charge in [-0.05, 0) is 61.9 Å². The molecule has 1 N–H and O–H groups in total. The Kier molecular flexibility index (Phi) is 4.86. The van der Waals surface area contributed by atoms with Gasteiger partial charge < -0.3 is 4.98 Å². The van der Waals surface area contributed by atoms with Crippen LogP contribution in [0.2, 0.25) is 0 Å². The lowest BCUT2D eigenvalue weighted by Gasteiger charge is -2.07. The van der Waals surface area contributed by atoms with Gasteiger partial charge in [0.25, 0.3) is 5.56 Å². The fraction of sp³-hybridized carbons (Fsp3) is 0.600. The number of unbranched alkanes of at least 4 members (excludes halogenated alkanes) is 2. The molecule has 114 valence electrons. The van der Waals surface area contributed by atoms with Crippen molar-refractivity contribution in [2.75, 3.05) is 12.0 Å². The molecular weight excluding hydrogens is 320 g/mol. The first-order chi connectivity index (χ1) is 10.2. The van der Waals surface area contributed by atoms with Crippen LogP contribution in [0.4, 0.5) is 0 Å². The minimum absolute atomic E-state index is 0.123. The van der Waals surface area contributed by atoms with E-state index >= 15 is 0 Å². The quantitative estimate of drug-likeness (QED) is 0.634. The molecule has 2 aromatic heterocycles. The van der Waals surface area contributed by atoms with Crippen molar-refractivity contribution in [3.05, 3.63) is 25.6 Å². The van der Waals surface area contributed by atoms with E-state index in [0.717, 1.165) is 42.4 Å². The van der Waals surface area contributed by atoms with Crippen molar-refractivity contribution in [1.29, 1.82) is 0 Å². The van der Waals surface area contributed by atoms with Crippen LogP contribution in [0, 0.1) is 4.77 Å². The number of aromatic nitrogens is 2. The molecule has 2 heterocycles. The number of thiophene rings is 1. The summed E-state index contributed by atoms with van der Waals surface area (Å²) in [5.74, 6) is 1.19. The number of nitrogens with one attached hydrogen (secondary N) is 1. The monoisotopic (exact) mass is 340 g/mol. The summed E-state index contributed by atoms with van der Waals surface area (Å²) in [6.45, 7) is 0.739. The predicted molar refractivity (Wildman–Crippen MR) is 95.5 cm³/mol. The molecule has 0 amide bonds. The Labute approximate surface area is 137 Å². The smallest absolute Gasteiger partial charge is 0.263 e. The summed E-state index contributed by atoms with van der Waals surface area (Å²) >= 11 is 8.98. The summed E-state index contributed by atoms with van der Waals surface area (Å²) < 4.78 is 2.35. The Balaban J connectivity index is 1.88. The molecule has 1 aliphatic rings. The molecular formula is C15H20N2OS3. The van der Waals surface area contributed by atoms with Gasteiger partial charge in [-0.15, -0.1) is 11.3 Å². The summed E-state index contributed by atoms with van der Waals surface area (Å²) in [5.41, 5.74) is 1.40. The second-order valence-corrected chi connectivity index (χ2v) is 7.98. The van der Waals surface area contributed by atoms with Gasteiger partial charge in [-0.1, -0.05) is 6.42 Å². The van der Waals surface area contributed by atoms with Crippen LogP contribution >= 0.6 is 35.3 Å². The number of thioether (sulfide) groups is 1. The van der Waals surface area contributed by atoms with E-state index in [9.17, 15) is 4.79 Å². The van der Waals surface area contributed by atoms with Crippen molar-refractivity contribution in [2.24, 2.45) is 0 Å². The molecule has 0 radical (unpaired) electrons. The maximum atomic E-state index is 12.8. The number of nitrogens with zero attached hydrogens (tertiary/aromatic N) is 1. The summed E-state index contributed by atoms with van der Waals surface area (Å²) in [4.78, 5) is 18.4. The van der Waals surface area contributed by atoms with Gasteiger partial charge in [-0.25, -0.2) is 0 Å². The molecule has 0 aromatic carbocycles. The molecule has 1 aliphatic carbocycles. The molecule has 21 heavy (non-hydrogen) atoms. The number of hydrogen-bond acceptors (Lipinski definition) is 4. The van der Waals surface area contributed by atoms with Gasteiger partial charge in [0, 0.05) is 11.4 Å². The molecule has 0 saturated heterocycles. The molecule has 0 bridgehead atoms. The van der Waals surface area contributed by atoms with Crippen molar-refractivity contribution in [1.82, 2.24) is 9.55 Å². The van der Waals surface area contributed by atoms with Gasteiger partial charge in [0.05, 0.1) is 5.39 Å². The van der Waals surface area contributed by atoms with Crippen LogP contribution in [0.3, 0.4) is 0 Å². The average Bonchev–Trinajstić information content (AvgIpc) is 3.01. The van der Waals surface area contributed by atoms with E-state index < -0.39 is 0 Å². The van der Waals surface area contributed by atoms with Gasteiger partial charge in [0.15, 0.2) is 4.77 Å². The van der Waals surface area contributed by atoms with Crippen molar-refractivity contribution in [3.63, 3.8) is 0 Å². The van der Waals surface area contributed by atoms with E-state index in [0.29, 0.717) is 4.77 Å². The van der Waals surface area contributed by atoms with Crippen molar-refractivity contribution in [3.8, 4) is 0 Å². The summed E-state index contributed by atoms with van der Waals surface area (Å²) in [6, 6.07) is 0. The Morgan fingerprint density at radius 3 is 3.00 bits per heavy atom. The third-order valence-electron chi connectivity index (χ3n) is 4.08. The highest BCUT2D eigenvalue weighted by Crippen LogP contribution is 2.34. The summed E-state index contributed by atoms with van der Waals surface area (Å²) in [7, 11) is 0. The average molecular weight is 341 g/mol. The molecule has 3 nitrogen and oxygen atoms in total. The van der Waals surface area contributed by atoms with Crippen LogP contribution in [0.5, 0.6) is 0 Å². The Hall–Kier alpha value is -0.590. The van der Waals surface area contributed by atoms with Gasteiger partial charge in [0.1, 0.15) is 4.83 Å². The standard InChI is InChI=1S/C15H20N2OS3/c1-20-9-4-2-3-8-17-14(18)12-10-6-5-7-11(10)21-13(12)16-15(17)19/h2-9H2,1H3,(H,16,19). The molecule has 0 aliphatic heterocycles. The molecule has 0 fully saturated rings. The summed E-state index contributed by atoms with van der Waals surface area (Å²) in [5, 5.41) is 0.908. The Morgan fingerprint density at radius 2 is 2.19 bits per heavy atom. The van der Waals surface area contributed by atoms with Crippen LogP contribution < -0.4 is 5.56 Å². The second kappa shape index (κ2) is 6.67. The van der Waals surface area contributed by atoms with Crippen LogP contribution in [-0.2, 0) is 19.4 Å². The highest BCUT2D eigenvalue weighted by molar-refractivity contribution is 7.98. The van der Waals surface area contributed by atoms with E-state index in [1.165, 1.54) is 29.0 Å². The number of H-pyrrole nitrogens is 1. The van der Waals surface area contributed by atoms with Crippen molar-refractivity contribution in [2.45, 2.75) is 45.1 Å². The molecule has 6 heteroatoms. The predicted octanol–water partition coefficient (Wildman–Crippen LogP) is 4.14. The first kappa shape index (κ1) is 15.3. The molecule has 3 rings (SSSR count). The lowest BCUT2D eigenvalue weighted by atomic mass is 10.2. The van der Waals surface area contributed by atoms with Crippen LogP contribution in [0.15, 0.2) is 4.79 Å². The zero-order valence-corrected chi connectivity index (χ0v) is 14.7. The lowest BCUT2D eigenvalue weighted by Crippen LogP contribution is -2.22. The fourth-order valence-corrected chi connectivity index (χ4v) is 5.12. The van der Waals surface area contributed by atoms with Crippen LogP contribution in [0.1, 0.15) is 36.1 Å². The first-order valence-corrected chi connectivity index (χ1v) is 10.1. The number of aryl methyl sites for hydroxylation is 2. The SMILES string of the molecule is CSCCCCCn1c(=S)[nH]c2sc3c(c2c1=O)CCC3. The second-order valence-electron chi connectivity index (χ2n) is 5.50. The maximum absolute atomic E-state index is 12.8. The third kappa shape index (κ3) is 2.98. The minimum Gasteiger partial charge on any atom is -0.323 e. The lowest BCUT2D eigenvalue weighted by molar-refractivity contribution is 0.580. The number of hydrogen-bond donors (Lipinski definition) is 1. The first-order valence-electron chi connectivity index (χ1n) is 7.48. The summed E-state index contributed by atoms with van der Waals surface area (Å²) in [6.07, 6.45) is 8.86. The zero-order chi connectivity index (χ0) is 14.8. The van der Waals surface area contributed by atoms with Gasteiger partial charge in [-0.3, -0.25) is 9.36 Å². The van der Waals surface area contributed by atoms with E-state index in [1.54, 1.807) is 15.9 Å². The molecule has 0 atom stereocenters. The van der Waals surface area contributed by atoms with Crippen molar-refractivity contribution < 1.29 is 0 Å². The molecule has 0 spiro atoms. The normalized spacial score (nSPS) is 14.0. The Bertz CT molecular complexity index is 757. The molecule has 2 aromatic rings. The largest absolute Gasteiger partial charge is 0.323 e. The van der Waals surface area contributed by atoms with E-state index in [1.807, 2.05) is 11.8 Å². The Morgan fingerprint density at radius 1 is 1.33 bits per heavy atom. The highest BCUT2D eigenvalue weighted by atomic mass is 32.2. The number of fused-ring (bicyclic) bond motifs is 3. The topological polar surface area (TPSA) is 37.8 Å². The highest BCUT2D eigenvalue weighted by Gasteiger charge is 2.21. The third-order valence-corrected chi connectivity index (χ3v) is 6.30. The van der Waals surface area contributed by atoms with E-state index in [4.69, 9.17) is 12.2 Å². The van der Waals surface area contributed by atoms with Crippen molar-refractivity contribution >= 4 is 45.5 Å². The molecule has 0 unspecified atom stereocenters. The van der Waals surface area contributed by atoms with E-state index in [2.05, 4.69) is 11.2 Å². The zero-order valence-electron chi connectivity index (χ0n) is 12.2. The van der Waals surface area contributed by atoms with E-state index in [-0.39, 0.29) is 5.56 Å². The van der Waals surface area contributed by atoms with Gasteiger partial charge in [0.2, 0.25) is 0 Å². The fourth-order valence-electron chi connectivity index (χ4n) is 3.01. The van der Waals surface area contributed by atoms with Gasteiger partial charge in [-0.2, -0.15) is 11.8 Å². The van der Waals surface area contributed by atoms with Gasteiger partial charge >= 0.3 is 0 Å². The maximum Gasteiger partial charge on any atom is 0.263 e.